The van der Waals surface area contributed by atoms with E-state index >= 15 is 0 Å². The molecule has 0 aliphatic carbocycles. The minimum atomic E-state index is -2.43. The van der Waals surface area contributed by atoms with Crippen molar-refractivity contribution in [1.29, 1.82) is 5.26 Å². The van der Waals surface area contributed by atoms with Crippen LogP contribution >= 0.6 is 0 Å². The van der Waals surface area contributed by atoms with Crippen LogP contribution in [0, 0.1) is 11.3 Å². The van der Waals surface area contributed by atoms with Crippen molar-refractivity contribution in [1.82, 2.24) is 19.5 Å². The van der Waals surface area contributed by atoms with E-state index < -0.39 is 30.3 Å². The molecule has 12 nitrogen and oxygen atoms in total. The van der Waals surface area contributed by atoms with Gasteiger partial charge in [-0.2, -0.15) is 10.4 Å². The molecular formula is C16H18N6O6. The van der Waals surface area contributed by atoms with Gasteiger partial charge in [0.2, 0.25) is 0 Å². The van der Waals surface area contributed by atoms with E-state index in [2.05, 4.69) is 19.8 Å². The lowest BCUT2D eigenvalue weighted by Crippen LogP contribution is -2.45. The van der Waals surface area contributed by atoms with Gasteiger partial charge >= 0.3 is 11.9 Å². The van der Waals surface area contributed by atoms with Crippen molar-refractivity contribution in [3.8, 4) is 6.07 Å². The van der Waals surface area contributed by atoms with E-state index in [4.69, 9.17) is 9.47 Å². The van der Waals surface area contributed by atoms with Gasteiger partial charge in [0.25, 0.3) is 0 Å². The second kappa shape index (κ2) is 7.39. The van der Waals surface area contributed by atoms with Crippen LogP contribution < -0.4 is 0 Å². The molecule has 2 aromatic heterocycles. The molecule has 12 heteroatoms. The summed E-state index contributed by atoms with van der Waals surface area (Å²) in [5, 5.41) is 34.2. The fourth-order valence-electron chi connectivity index (χ4n) is 2.74. The molecular weight excluding hydrogens is 372 g/mol. The Bertz CT molecular complexity index is 953. The molecule has 0 saturated carbocycles. The topological polar surface area (TPSA) is 155 Å². The van der Waals surface area contributed by atoms with Crippen molar-refractivity contribution in [3.63, 3.8) is 0 Å². The highest BCUT2D eigenvalue weighted by Crippen LogP contribution is 2.41. The number of hydrogen-bond acceptors (Lipinski definition) is 10. The molecule has 2 N–H and O–H groups in total. The number of rotatable bonds is 4. The Morgan fingerprint density at radius 3 is 2.89 bits per heavy atom. The molecule has 0 spiro atoms. The number of methoxy groups -OCH3 is 1. The van der Waals surface area contributed by atoms with Gasteiger partial charge in [0.15, 0.2) is 11.9 Å². The molecule has 4 atom stereocenters. The molecule has 148 valence electrons. The highest BCUT2D eigenvalue weighted by molar-refractivity contribution is 5.71. The highest BCUT2D eigenvalue weighted by Gasteiger charge is 2.59. The van der Waals surface area contributed by atoms with Crippen LogP contribution in [0.3, 0.4) is 0 Å². The Kier molecular flexibility index (Phi) is 5.14. The summed E-state index contributed by atoms with van der Waals surface area (Å²) in [7, 11) is 4.65. The van der Waals surface area contributed by atoms with Gasteiger partial charge in [-0.3, -0.25) is 0 Å². The van der Waals surface area contributed by atoms with Crippen LogP contribution in [0.15, 0.2) is 23.5 Å². The zero-order valence-electron chi connectivity index (χ0n) is 15.3. The molecule has 3 heterocycles. The fraction of sp³-hybridized carbons (Fsp3) is 0.438. The van der Waals surface area contributed by atoms with Crippen LogP contribution in [0.5, 0.6) is 0 Å². The van der Waals surface area contributed by atoms with Crippen molar-refractivity contribution in [2.45, 2.75) is 24.1 Å². The van der Waals surface area contributed by atoms with Gasteiger partial charge in [-0.05, 0) is 12.1 Å². The number of carbonyl (C=O) groups is 1. The zero-order chi connectivity index (χ0) is 20.5. The largest absolute Gasteiger partial charge is 0.511 e. The fourth-order valence-corrected chi connectivity index (χ4v) is 2.74. The first kappa shape index (κ1) is 19.5. The lowest BCUT2D eigenvalue weighted by molar-refractivity contribution is -0.197. The molecule has 1 aliphatic rings. The molecule has 1 aliphatic heterocycles. The van der Waals surface area contributed by atoms with Crippen LogP contribution in [0.25, 0.3) is 5.52 Å². The number of aromatic nitrogens is 3. The summed E-state index contributed by atoms with van der Waals surface area (Å²) >= 11 is 0. The van der Waals surface area contributed by atoms with Crippen molar-refractivity contribution in [3.05, 3.63) is 24.2 Å². The molecule has 0 amide bonds. The lowest BCUT2D eigenvalue weighted by atomic mass is 10.0. The number of carbonyl (C=O) groups excluding carboxylic acids is 1. The second-order valence-corrected chi connectivity index (χ2v) is 6.16. The van der Waals surface area contributed by atoms with Crippen LogP contribution in [-0.2, 0) is 14.2 Å². The van der Waals surface area contributed by atoms with E-state index in [-0.39, 0.29) is 0 Å². The van der Waals surface area contributed by atoms with Crippen molar-refractivity contribution in [2.24, 2.45) is 4.99 Å². The first-order valence-corrected chi connectivity index (χ1v) is 8.08. The van der Waals surface area contributed by atoms with E-state index in [0.29, 0.717) is 17.0 Å². The maximum atomic E-state index is 11.4. The summed E-state index contributed by atoms with van der Waals surface area (Å²) in [5.74, 6) is -2.07. The Balaban J connectivity index is 2.00. The number of ether oxygens (including phenoxy) is 3. The summed E-state index contributed by atoms with van der Waals surface area (Å²) in [6.45, 7) is 0. The molecule has 3 rings (SSSR count). The summed E-state index contributed by atoms with van der Waals surface area (Å²) in [6, 6.07) is 4.80. The van der Waals surface area contributed by atoms with Crippen LogP contribution in [0.2, 0.25) is 0 Å². The summed E-state index contributed by atoms with van der Waals surface area (Å²) < 4.78 is 16.0. The van der Waals surface area contributed by atoms with Gasteiger partial charge in [-0.25, -0.2) is 19.3 Å². The Labute approximate surface area is 159 Å². The van der Waals surface area contributed by atoms with Crippen LogP contribution in [0.1, 0.15) is 11.8 Å². The quantitative estimate of drug-likeness (QED) is 0.405. The number of aliphatic imine (C=N–C) groups is 1. The summed E-state index contributed by atoms with van der Waals surface area (Å²) in [6.07, 6.45) is -3.05. The predicted molar refractivity (Wildman–Crippen MR) is 92.5 cm³/mol. The third kappa shape index (κ3) is 3.22. The average Bonchev–Trinajstić information content (AvgIpc) is 3.21. The van der Waals surface area contributed by atoms with Gasteiger partial charge in [0.05, 0.1) is 19.1 Å². The minimum absolute atomic E-state index is 0.302. The Morgan fingerprint density at radius 1 is 1.50 bits per heavy atom. The number of hydrogen-bond donors (Lipinski definition) is 2. The van der Waals surface area contributed by atoms with E-state index in [1.807, 2.05) is 0 Å². The van der Waals surface area contributed by atoms with Crippen LogP contribution in [0.4, 0.5) is 10.6 Å². The van der Waals surface area contributed by atoms with Crippen molar-refractivity contribution < 1.29 is 29.2 Å². The number of nitriles is 1. The predicted octanol–water partition coefficient (Wildman–Crippen LogP) is -0.253. The molecule has 0 radical (unpaired) electrons. The first-order valence-electron chi connectivity index (χ1n) is 8.08. The summed E-state index contributed by atoms with van der Waals surface area (Å²) in [5.41, 5.74) is 0.806. The van der Waals surface area contributed by atoms with E-state index in [1.165, 1.54) is 10.8 Å². The van der Waals surface area contributed by atoms with E-state index in [0.717, 1.165) is 7.11 Å². The summed E-state index contributed by atoms with van der Waals surface area (Å²) in [4.78, 5) is 21.5. The number of aliphatic hydroxyl groups excluding tert-OH is 2. The molecule has 2 aromatic rings. The van der Waals surface area contributed by atoms with Gasteiger partial charge in [0, 0.05) is 14.1 Å². The third-order valence-electron chi connectivity index (χ3n) is 4.05. The average molecular weight is 390 g/mol. The standard InChI is InChI=1S/C16H18N6O6/c1-21(2)8-19-14-10-5-4-9(22(10)20-7-18-14)12-11(23)13(24)16(6-17,27-12)28-15(25)26-3/h4-5,7-8,11-13,23-24H,1-3H3/t11-,12-,13-,16+/m0/s1. The second-order valence-electron chi connectivity index (χ2n) is 6.16. The maximum Gasteiger partial charge on any atom is 0.511 e. The van der Waals surface area contributed by atoms with E-state index in [1.54, 1.807) is 43.5 Å². The minimum Gasteiger partial charge on any atom is -0.438 e. The monoisotopic (exact) mass is 390 g/mol. The number of aliphatic hydroxyl groups is 2. The SMILES string of the molecule is COC(=O)O[C@@]1(C#N)O[C@@H](c2ccc3c(N=CN(C)C)ncnn23)[C@H](O)[C@@H]1O. The molecule has 1 fully saturated rings. The smallest absolute Gasteiger partial charge is 0.438 e. The third-order valence-corrected chi connectivity index (χ3v) is 4.05. The van der Waals surface area contributed by atoms with Gasteiger partial charge < -0.3 is 29.3 Å². The van der Waals surface area contributed by atoms with Crippen LogP contribution in [-0.4, -0.2) is 81.4 Å². The van der Waals surface area contributed by atoms with Crippen molar-refractivity contribution in [2.75, 3.05) is 21.2 Å². The number of fused-ring (bicyclic) bond motifs is 1. The first-order chi connectivity index (χ1) is 13.3. The molecule has 0 bridgehead atoms. The lowest BCUT2D eigenvalue weighted by Gasteiger charge is -2.22. The van der Waals surface area contributed by atoms with Gasteiger partial charge in [0.1, 0.15) is 30.1 Å². The van der Waals surface area contributed by atoms with E-state index in [9.17, 15) is 20.3 Å². The van der Waals surface area contributed by atoms with Gasteiger partial charge in [-0.1, -0.05) is 0 Å². The molecule has 28 heavy (non-hydrogen) atoms. The van der Waals surface area contributed by atoms with Gasteiger partial charge in [-0.15, -0.1) is 0 Å². The molecule has 0 unspecified atom stereocenters. The zero-order valence-corrected chi connectivity index (χ0v) is 15.3. The van der Waals surface area contributed by atoms with Crippen molar-refractivity contribution >= 4 is 23.8 Å². The molecule has 1 saturated heterocycles. The normalized spacial score (nSPS) is 27.1. The Morgan fingerprint density at radius 2 is 2.25 bits per heavy atom. The maximum absolute atomic E-state index is 11.4. The molecule has 0 aromatic carbocycles. The number of nitrogens with zero attached hydrogens (tertiary/aromatic N) is 6. The Hall–Kier alpha value is -3.27. The highest BCUT2D eigenvalue weighted by atomic mass is 16.8.